The first-order chi connectivity index (χ1) is 7.64. The van der Waals surface area contributed by atoms with E-state index in [0.29, 0.717) is 18.1 Å². The van der Waals surface area contributed by atoms with Gasteiger partial charge in [-0.05, 0) is 44.1 Å². The Balaban J connectivity index is 1.94. The highest BCUT2D eigenvalue weighted by Gasteiger charge is 2.26. The van der Waals surface area contributed by atoms with Crippen molar-refractivity contribution in [2.24, 2.45) is 5.41 Å². The molecule has 2 N–H and O–H groups in total. The third-order valence-corrected chi connectivity index (χ3v) is 3.47. The Morgan fingerprint density at radius 1 is 1.25 bits per heavy atom. The quantitative estimate of drug-likeness (QED) is 0.656. The van der Waals surface area contributed by atoms with Gasteiger partial charge in [0.2, 0.25) is 0 Å². The maximum absolute atomic E-state index is 8.54. The highest BCUT2D eigenvalue weighted by molar-refractivity contribution is 4.81. The van der Waals surface area contributed by atoms with E-state index in [2.05, 4.69) is 19.2 Å². The molecule has 96 valence electrons. The van der Waals surface area contributed by atoms with Crippen LogP contribution in [0.2, 0.25) is 0 Å². The van der Waals surface area contributed by atoms with Crippen LogP contribution >= 0.6 is 0 Å². The highest BCUT2D eigenvalue weighted by atomic mass is 16.5. The van der Waals surface area contributed by atoms with Gasteiger partial charge in [-0.15, -0.1) is 0 Å². The molecule has 0 spiro atoms. The van der Waals surface area contributed by atoms with Crippen LogP contribution in [-0.2, 0) is 4.74 Å². The number of aliphatic hydroxyl groups excluding tert-OH is 1. The molecule has 0 unspecified atom stereocenters. The highest BCUT2D eigenvalue weighted by Crippen LogP contribution is 2.34. The standard InChI is InChI=1S/C13H27NO2/c1-13(2)6-4-12(5-7-13)14-8-3-10-16-11-9-15/h12,14-15H,3-11H2,1-2H3. The van der Waals surface area contributed by atoms with Gasteiger partial charge in [-0.2, -0.15) is 0 Å². The molecule has 0 saturated heterocycles. The van der Waals surface area contributed by atoms with Gasteiger partial charge in [0, 0.05) is 12.6 Å². The van der Waals surface area contributed by atoms with Crippen LogP contribution in [0.3, 0.4) is 0 Å². The van der Waals surface area contributed by atoms with Crippen LogP contribution in [0.15, 0.2) is 0 Å². The monoisotopic (exact) mass is 229 g/mol. The third kappa shape index (κ3) is 5.83. The minimum Gasteiger partial charge on any atom is -0.394 e. The molecule has 0 aromatic heterocycles. The molecular weight excluding hydrogens is 202 g/mol. The van der Waals surface area contributed by atoms with Crippen molar-refractivity contribution in [2.45, 2.75) is 52.0 Å². The lowest BCUT2D eigenvalue weighted by molar-refractivity contribution is 0.0897. The summed E-state index contributed by atoms with van der Waals surface area (Å²) < 4.78 is 5.22. The number of nitrogens with one attached hydrogen (secondary N) is 1. The summed E-state index contributed by atoms with van der Waals surface area (Å²) in [5, 5.41) is 12.1. The molecule has 0 aromatic carbocycles. The van der Waals surface area contributed by atoms with Crippen molar-refractivity contribution in [3.63, 3.8) is 0 Å². The Morgan fingerprint density at radius 2 is 1.94 bits per heavy atom. The minimum absolute atomic E-state index is 0.130. The maximum atomic E-state index is 8.54. The molecule has 3 nitrogen and oxygen atoms in total. The van der Waals surface area contributed by atoms with Gasteiger partial charge in [0.15, 0.2) is 0 Å². The summed E-state index contributed by atoms with van der Waals surface area (Å²) in [6.45, 7) is 7.13. The molecule has 16 heavy (non-hydrogen) atoms. The molecule has 0 atom stereocenters. The summed E-state index contributed by atoms with van der Waals surface area (Å²) in [4.78, 5) is 0. The normalized spacial score (nSPS) is 21.2. The zero-order valence-electron chi connectivity index (χ0n) is 10.8. The summed E-state index contributed by atoms with van der Waals surface area (Å²) in [6.07, 6.45) is 6.34. The Labute approximate surface area is 99.6 Å². The van der Waals surface area contributed by atoms with Crippen LogP contribution in [-0.4, -0.2) is 37.5 Å². The van der Waals surface area contributed by atoms with Crippen molar-refractivity contribution in [3.8, 4) is 0 Å². The van der Waals surface area contributed by atoms with E-state index in [1.807, 2.05) is 0 Å². The summed E-state index contributed by atoms with van der Waals surface area (Å²) in [6, 6.07) is 0.714. The molecule has 1 aliphatic rings. The van der Waals surface area contributed by atoms with Gasteiger partial charge in [0.1, 0.15) is 0 Å². The SMILES string of the molecule is CC1(C)CCC(NCCCOCCO)CC1. The van der Waals surface area contributed by atoms with Crippen molar-refractivity contribution < 1.29 is 9.84 Å². The molecule has 1 saturated carbocycles. The number of hydrogen-bond donors (Lipinski definition) is 2. The molecule has 0 radical (unpaired) electrons. The first-order valence-electron chi connectivity index (χ1n) is 6.56. The molecule has 0 heterocycles. The molecule has 0 aliphatic heterocycles. The van der Waals surface area contributed by atoms with E-state index >= 15 is 0 Å². The first-order valence-corrected chi connectivity index (χ1v) is 6.56. The fourth-order valence-corrected chi connectivity index (χ4v) is 2.25. The second-order valence-corrected chi connectivity index (χ2v) is 5.58. The fraction of sp³-hybridized carbons (Fsp3) is 1.00. The van der Waals surface area contributed by atoms with Crippen molar-refractivity contribution in [1.29, 1.82) is 0 Å². The molecule has 1 fully saturated rings. The Kier molecular flexibility index (Phi) is 6.32. The second-order valence-electron chi connectivity index (χ2n) is 5.58. The smallest absolute Gasteiger partial charge is 0.0697 e. The Morgan fingerprint density at radius 3 is 2.56 bits per heavy atom. The van der Waals surface area contributed by atoms with Gasteiger partial charge in [-0.25, -0.2) is 0 Å². The first kappa shape index (κ1) is 13.9. The largest absolute Gasteiger partial charge is 0.394 e. The lowest BCUT2D eigenvalue weighted by atomic mass is 9.75. The van der Waals surface area contributed by atoms with E-state index in [9.17, 15) is 0 Å². The average Bonchev–Trinajstić information content (AvgIpc) is 2.25. The van der Waals surface area contributed by atoms with E-state index in [0.717, 1.165) is 19.6 Å². The van der Waals surface area contributed by atoms with Crippen LogP contribution in [0.25, 0.3) is 0 Å². The molecule has 3 heteroatoms. The van der Waals surface area contributed by atoms with Crippen molar-refractivity contribution in [3.05, 3.63) is 0 Å². The second kappa shape index (κ2) is 7.25. The lowest BCUT2D eigenvalue weighted by Crippen LogP contribution is -2.36. The number of aliphatic hydroxyl groups is 1. The number of ether oxygens (including phenoxy) is 1. The van der Waals surface area contributed by atoms with Crippen LogP contribution in [0.1, 0.15) is 46.0 Å². The van der Waals surface area contributed by atoms with Crippen LogP contribution in [0.4, 0.5) is 0 Å². The third-order valence-electron chi connectivity index (χ3n) is 3.47. The van der Waals surface area contributed by atoms with Gasteiger partial charge < -0.3 is 15.2 Å². The van der Waals surface area contributed by atoms with E-state index < -0.39 is 0 Å². The number of rotatable bonds is 7. The average molecular weight is 229 g/mol. The minimum atomic E-state index is 0.130. The maximum Gasteiger partial charge on any atom is 0.0697 e. The van der Waals surface area contributed by atoms with Crippen molar-refractivity contribution in [1.82, 2.24) is 5.32 Å². The Bertz CT molecular complexity index is 173. The van der Waals surface area contributed by atoms with Crippen molar-refractivity contribution in [2.75, 3.05) is 26.4 Å². The van der Waals surface area contributed by atoms with Crippen LogP contribution in [0.5, 0.6) is 0 Å². The van der Waals surface area contributed by atoms with Gasteiger partial charge in [-0.1, -0.05) is 13.8 Å². The van der Waals surface area contributed by atoms with Gasteiger partial charge in [0.05, 0.1) is 13.2 Å². The predicted molar refractivity (Wildman–Crippen MR) is 66.6 cm³/mol. The van der Waals surface area contributed by atoms with Gasteiger partial charge in [-0.3, -0.25) is 0 Å². The van der Waals surface area contributed by atoms with Gasteiger partial charge in [0.25, 0.3) is 0 Å². The Hall–Kier alpha value is -0.120. The molecule has 0 aromatic rings. The van der Waals surface area contributed by atoms with E-state index in [1.54, 1.807) is 0 Å². The van der Waals surface area contributed by atoms with Crippen LogP contribution < -0.4 is 5.32 Å². The molecule has 1 aliphatic carbocycles. The van der Waals surface area contributed by atoms with E-state index in [-0.39, 0.29) is 6.61 Å². The predicted octanol–water partition coefficient (Wildman–Crippen LogP) is 1.94. The van der Waals surface area contributed by atoms with Crippen LogP contribution in [0, 0.1) is 5.41 Å². The lowest BCUT2D eigenvalue weighted by Gasteiger charge is -2.34. The summed E-state index contributed by atoms with van der Waals surface area (Å²) in [5.41, 5.74) is 0.558. The van der Waals surface area contributed by atoms with Crippen molar-refractivity contribution >= 4 is 0 Å². The zero-order valence-corrected chi connectivity index (χ0v) is 10.8. The fourth-order valence-electron chi connectivity index (χ4n) is 2.25. The number of hydrogen-bond acceptors (Lipinski definition) is 3. The molecule has 0 amide bonds. The molecule has 0 bridgehead atoms. The topological polar surface area (TPSA) is 41.5 Å². The summed E-state index contributed by atoms with van der Waals surface area (Å²) >= 11 is 0. The molecule has 1 rings (SSSR count). The summed E-state index contributed by atoms with van der Waals surface area (Å²) in [7, 11) is 0. The van der Waals surface area contributed by atoms with Gasteiger partial charge >= 0.3 is 0 Å². The summed E-state index contributed by atoms with van der Waals surface area (Å²) in [5.74, 6) is 0. The molecular formula is C13H27NO2. The zero-order chi connectivity index (χ0) is 11.9. The van der Waals surface area contributed by atoms with E-state index in [1.165, 1.54) is 25.7 Å². The van der Waals surface area contributed by atoms with E-state index in [4.69, 9.17) is 9.84 Å².